The van der Waals surface area contributed by atoms with E-state index in [0.717, 1.165) is 27.7 Å². The molecule has 3 heteroatoms. The van der Waals surface area contributed by atoms with Crippen LogP contribution in [-0.4, -0.2) is 10.9 Å². The molecule has 116 valence electrons. The summed E-state index contributed by atoms with van der Waals surface area (Å²) in [6, 6.07) is 17.7. The number of nitrogens with one attached hydrogen (secondary N) is 1. The molecule has 3 aromatic rings. The Bertz CT molecular complexity index is 856. The van der Waals surface area contributed by atoms with Crippen LogP contribution in [0.5, 0.6) is 0 Å². The van der Waals surface area contributed by atoms with Gasteiger partial charge >= 0.3 is 0 Å². The third kappa shape index (κ3) is 3.09. The smallest absolute Gasteiger partial charge is 0.252 e. The molecule has 0 fully saturated rings. The Labute approximate surface area is 136 Å². The van der Waals surface area contributed by atoms with Gasteiger partial charge in [-0.15, -0.1) is 0 Å². The second-order valence-electron chi connectivity index (χ2n) is 5.89. The summed E-state index contributed by atoms with van der Waals surface area (Å²) in [5, 5.41) is 3.98. The van der Waals surface area contributed by atoms with Gasteiger partial charge in [0.1, 0.15) is 0 Å². The first-order chi connectivity index (χ1) is 11.1. The summed E-state index contributed by atoms with van der Waals surface area (Å²) < 4.78 is 0. The number of aryl methyl sites for hydroxylation is 2. The summed E-state index contributed by atoms with van der Waals surface area (Å²) in [5.74, 6) is -0.0672. The molecular formula is C20H20N2O. The number of carbonyl (C=O) groups excluding carboxylic acids is 1. The van der Waals surface area contributed by atoms with Crippen molar-refractivity contribution in [2.45, 2.75) is 26.8 Å². The number of carbonyl (C=O) groups is 1. The van der Waals surface area contributed by atoms with Crippen LogP contribution in [0.25, 0.3) is 10.9 Å². The first kappa shape index (κ1) is 15.2. The van der Waals surface area contributed by atoms with Crippen molar-refractivity contribution >= 4 is 16.8 Å². The molecule has 0 aliphatic heterocycles. The monoisotopic (exact) mass is 304 g/mol. The average Bonchev–Trinajstić information content (AvgIpc) is 2.56. The number of para-hydroxylation sites is 1. The standard InChI is InChI=1S/C20H20N2O/c1-13-8-7-11-17-18(12-14(2)21-19(13)17)20(23)22-15(3)16-9-5-4-6-10-16/h4-12,15H,1-3H3,(H,22,23)/t15-/m0/s1. The number of amides is 1. The number of pyridine rings is 1. The summed E-state index contributed by atoms with van der Waals surface area (Å²) >= 11 is 0. The maximum absolute atomic E-state index is 12.8. The molecule has 1 heterocycles. The summed E-state index contributed by atoms with van der Waals surface area (Å²) in [5.41, 5.74) is 4.59. The number of aromatic nitrogens is 1. The maximum atomic E-state index is 12.8. The molecule has 3 nitrogen and oxygen atoms in total. The van der Waals surface area contributed by atoms with Crippen LogP contribution < -0.4 is 5.32 Å². The molecular weight excluding hydrogens is 284 g/mol. The van der Waals surface area contributed by atoms with Crippen LogP contribution in [0.4, 0.5) is 0 Å². The summed E-state index contributed by atoms with van der Waals surface area (Å²) in [6.45, 7) is 5.93. The maximum Gasteiger partial charge on any atom is 0.252 e. The van der Waals surface area contributed by atoms with E-state index in [4.69, 9.17) is 0 Å². The molecule has 0 unspecified atom stereocenters. The lowest BCUT2D eigenvalue weighted by atomic mass is 10.0. The van der Waals surface area contributed by atoms with E-state index in [-0.39, 0.29) is 11.9 Å². The fourth-order valence-corrected chi connectivity index (χ4v) is 2.81. The van der Waals surface area contributed by atoms with Crippen LogP contribution in [0.1, 0.15) is 40.1 Å². The third-order valence-corrected chi connectivity index (χ3v) is 4.06. The third-order valence-electron chi connectivity index (χ3n) is 4.06. The molecule has 0 bridgehead atoms. The van der Waals surface area contributed by atoms with Crippen molar-refractivity contribution in [2.24, 2.45) is 0 Å². The number of hydrogen-bond donors (Lipinski definition) is 1. The number of nitrogens with zero attached hydrogens (tertiary/aromatic N) is 1. The van der Waals surface area contributed by atoms with E-state index in [0.29, 0.717) is 5.56 Å². The van der Waals surface area contributed by atoms with E-state index in [1.165, 1.54) is 0 Å². The Morgan fingerprint density at radius 3 is 2.52 bits per heavy atom. The van der Waals surface area contributed by atoms with Gasteiger partial charge in [-0.25, -0.2) is 0 Å². The number of benzene rings is 2. The van der Waals surface area contributed by atoms with Gasteiger partial charge in [0.2, 0.25) is 0 Å². The van der Waals surface area contributed by atoms with Crippen LogP contribution >= 0.6 is 0 Å². The van der Waals surface area contributed by atoms with Gasteiger partial charge in [0.15, 0.2) is 0 Å². The SMILES string of the molecule is Cc1cc(C(=O)N[C@@H](C)c2ccccc2)c2cccc(C)c2n1. The Morgan fingerprint density at radius 1 is 1.04 bits per heavy atom. The highest BCUT2D eigenvalue weighted by atomic mass is 16.1. The first-order valence-corrected chi connectivity index (χ1v) is 7.79. The Balaban J connectivity index is 1.97. The molecule has 1 atom stereocenters. The number of fused-ring (bicyclic) bond motifs is 1. The minimum Gasteiger partial charge on any atom is -0.345 e. The highest BCUT2D eigenvalue weighted by Crippen LogP contribution is 2.22. The Kier molecular flexibility index (Phi) is 4.11. The van der Waals surface area contributed by atoms with Crippen LogP contribution in [-0.2, 0) is 0 Å². The molecule has 0 saturated carbocycles. The topological polar surface area (TPSA) is 42.0 Å². The van der Waals surface area contributed by atoms with Crippen LogP contribution in [0.15, 0.2) is 54.6 Å². The predicted octanol–water partition coefficient (Wildman–Crippen LogP) is 4.34. The molecule has 0 aliphatic rings. The van der Waals surface area contributed by atoms with Gasteiger partial charge in [-0.1, -0.05) is 48.5 Å². The molecule has 2 aromatic carbocycles. The van der Waals surface area contributed by atoms with Crippen molar-refractivity contribution < 1.29 is 4.79 Å². The van der Waals surface area contributed by atoms with Gasteiger partial charge < -0.3 is 5.32 Å². The highest BCUT2D eigenvalue weighted by molar-refractivity contribution is 6.06. The molecule has 0 radical (unpaired) electrons. The fraction of sp³-hybridized carbons (Fsp3) is 0.200. The van der Waals surface area contributed by atoms with Crippen LogP contribution in [0.2, 0.25) is 0 Å². The molecule has 1 amide bonds. The zero-order valence-electron chi connectivity index (χ0n) is 13.6. The summed E-state index contributed by atoms with van der Waals surface area (Å²) in [7, 11) is 0. The lowest BCUT2D eigenvalue weighted by Crippen LogP contribution is -2.27. The summed E-state index contributed by atoms with van der Waals surface area (Å²) in [4.78, 5) is 17.3. The molecule has 0 spiro atoms. The van der Waals surface area contributed by atoms with E-state index in [2.05, 4.69) is 10.3 Å². The molecule has 1 N–H and O–H groups in total. The van der Waals surface area contributed by atoms with E-state index in [9.17, 15) is 4.79 Å². The zero-order valence-corrected chi connectivity index (χ0v) is 13.6. The van der Waals surface area contributed by atoms with Gasteiger partial charge in [-0.05, 0) is 38.0 Å². The highest BCUT2D eigenvalue weighted by Gasteiger charge is 2.15. The minimum absolute atomic E-state index is 0.0444. The largest absolute Gasteiger partial charge is 0.345 e. The lowest BCUT2D eigenvalue weighted by molar-refractivity contribution is 0.0941. The Hall–Kier alpha value is -2.68. The quantitative estimate of drug-likeness (QED) is 0.782. The van der Waals surface area contributed by atoms with Crippen LogP contribution in [0.3, 0.4) is 0 Å². The molecule has 0 aliphatic carbocycles. The Morgan fingerprint density at radius 2 is 1.78 bits per heavy atom. The molecule has 1 aromatic heterocycles. The normalized spacial score (nSPS) is 12.1. The first-order valence-electron chi connectivity index (χ1n) is 7.79. The second-order valence-corrected chi connectivity index (χ2v) is 5.89. The predicted molar refractivity (Wildman–Crippen MR) is 93.5 cm³/mol. The lowest BCUT2D eigenvalue weighted by Gasteiger charge is -2.16. The number of rotatable bonds is 3. The van der Waals surface area contributed by atoms with Crippen molar-refractivity contribution in [3.8, 4) is 0 Å². The van der Waals surface area contributed by atoms with E-state index < -0.39 is 0 Å². The van der Waals surface area contributed by atoms with Gasteiger partial charge in [0.05, 0.1) is 17.1 Å². The zero-order chi connectivity index (χ0) is 16.4. The fourth-order valence-electron chi connectivity index (χ4n) is 2.81. The summed E-state index contributed by atoms with van der Waals surface area (Å²) in [6.07, 6.45) is 0. The van der Waals surface area contributed by atoms with Gasteiger partial charge in [-0.2, -0.15) is 0 Å². The van der Waals surface area contributed by atoms with Crippen molar-refractivity contribution in [3.63, 3.8) is 0 Å². The van der Waals surface area contributed by atoms with E-state index >= 15 is 0 Å². The molecule has 0 saturated heterocycles. The van der Waals surface area contributed by atoms with Crippen LogP contribution in [0, 0.1) is 13.8 Å². The van der Waals surface area contributed by atoms with E-state index in [1.54, 1.807) is 0 Å². The minimum atomic E-state index is -0.0672. The van der Waals surface area contributed by atoms with Crippen molar-refractivity contribution in [1.29, 1.82) is 0 Å². The number of hydrogen-bond acceptors (Lipinski definition) is 2. The molecule has 3 rings (SSSR count). The van der Waals surface area contributed by atoms with Crippen molar-refractivity contribution in [2.75, 3.05) is 0 Å². The van der Waals surface area contributed by atoms with Gasteiger partial charge in [-0.3, -0.25) is 9.78 Å². The van der Waals surface area contributed by atoms with Crippen molar-refractivity contribution in [3.05, 3.63) is 77.0 Å². The van der Waals surface area contributed by atoms with Gasteiger partial charge in [0, 0.05) is 11.1 Å². The van der Waals surface area contributed by atoms with Crippen molar-refractivity contribution in [1.82, 2.24) is 10.3 Å². The van der Waals surface area contributed by atoms with Gasteiger partial charge in [0.25, 0.3) is 5.91 Å². The van der Waals surface area contributed by atoms with E-state index in [1.807, 2.05) is 75.4 Å². The molecule has 23 heavy (non-hydrogen) atoms. The second kappa shape index (κ2) is 6.21. The average molecular weight is 304 g/mol.